The molecular weight excluding hydrogens is 326 g/mol. The van der Waals surface area contributed by atoms with E-state index in [4.69, 9.17) is 11.6 Å². The summed E-state index contributed by atoms with van der Waals surface area (Å²) in [5, 5.41) is 4.35. The van der Waals surface area contributed by atoms with Gasteiger partial charge in [0.1, 0.15) is 17.6 Å². The van der Waals surface area contributed by atoms with E-state index in [1.54, 1.807) is 6.20 Å². The summed E-state index contributed by atoms with van der Waals surface area (Å²) in [6.45, 7) is 1.07. The van der Waals surface area contributed by atoms with Gasteiger partial charge in [0, 0.05) is 24.0 Å². The number of halogens is 1. The summed E-state index contributed by atoms with van der Waals surface area (Å²) in [7, 11) is 0. The van der Waals surface area contributed by atoms with E-state index in [-0.39, 0.29) is 0 Å². The van der Waals surface area contributed by atoms with Gasteiger partial charge in [0.05, 0.1) is 23.1 Å². The Morgan fingerprint density at radius 1 is 1.21 bits per heavy atom. The highest BCUT2D eigenvalue weighted by Gasteiger charge is 2.28. The van der Waals surface area contributed by atoms with Gasteiger partial charge in [-0.1, -0.05) is 29.8 Å². The van der Waals surface area contributed by atoms with E-state index in [9.17, 15) is 4.79 Å². The summed E-state index contributed by atoms with van der Waals surface area (Å²) < 4.78 is 0. The fraction of sp³-hybridized carbons (Fsp3) is 0.176. The van der Waals surface area contributed by atoms with Crippen molar-refractivity contribution in [2.75, 3.05) is 5.32 Å². The molecule has 0 amide bonds. The van der Waals surface area contributed by atoms with E-state index < -0.39 is 5.50 Å². The topological polar surface area (TPSA) is 71.0 Å². The van der Waals surface area contributed by atoms with Crippen molar-refractivity contribution in [3.8, 4) is 0 Å². The van der Waals surface area contributed by atoms with E-state index in [0.717, 1.165) is 34.1 Å². The summed E-state index contributed by atoms with van der Waals surface area (Å²) in [5.41, 5.74) is 2.98. The van der Waals surface area contributed by atoms with Crippen molar-refractivity contribution in [1.29, 1.82) is 0 Å². The van der Waals surface area contributed by atoms with Crippen molar-refractivity contribution >= 4 is 40.3 Å². The van der Waals surface area contributed by atoms with Gasteiger partial charge in [0.2, 0.25) is 0 Å². The number of benzene rings is 1. The molecule has 3 aromatic rings. The molecule has 1 atom stereocenters. The first-order valence-corrected chi connectivity index (χ1v) is 7.96. The molecule has 7 heteroatoms. The van der Waals surface area contributed by atoms with Gasteiger partial charge in [-0.15, -0.1) is 0 Å². The maximum atomic E-state index is 10.9. The number of carbonyl (C=O) groups excluding carboxylic acids is 1. The van der Waals surface area contributed by atoms with Crippen molar-refractivity contribution < 1.29 is 4.79 Å². The van der Waals surface area contributed by atoms with Crippen LogP contribution in [-0.4, -0.2) is 31.6 Å². The largest absolute Gasteiger partial charge is 0.339 e. The van der Waals surface area contributed by atoms with Gasteiger partial charge < -0.3 is 10.1 Å². The molecule has 1 unspecified atom stereocenters. The minimum Gasteiger partial charge on any atom is -0.339 e. The Hall–Kier alpha value is -2.57. The van der Waals surface area contributed by atoms with E-state index in [0.29, 0.717) is 18.9 Å². The lowest BCUT2D eigenvalue weighted by molar-refractivity contribution is -0.110. The van der Waals surface area contributed by atoms with Crippen molar-refractivity contribution in [2.45, 2.75) is 18.6 Å². The highest BCUT2D eigenvalue weighted by molar-refractivity contribution is 6.27. The standard InChI is InChI=1S/C17H14ClN5O/c18-16(9-24)23-7-13-15(8-23)20-10-21-17(13)22-12-5-11-3-1-2-4-14(11)19-6-12/h1-6,9-10,16H,7-8H2,(H,20,21,22). The Morgan fingerprint density at radius 2 is 2.08 bits per heavy atom. The fourth-order valence-electron chi connectivity index (χ4n) is 2.85. The highest BCUT2D eigenvalue weighted by Crippen LogP contribution is 2.30. The van der Waals surface area contributed by atoms with Crippen LogP contribution >= 0.6 is 11.6 Å². The molecule has 1 N–H and O–H groups in total. The number of rotatable bonds is 4. The molecule has 120 valence electrons. The van der Waals surface area contributed by atoms with Gasteiger partial charge in [-0.3, -0.25) is 9.88 Å². The van der Waals surface area contributed by atoms with E-state index >= 15 is 0 Å². The third-order valence-electron chi connectivity index (χ3n) is 4.06. The molecule has 2 aromatic heterocycles. The van der Waals surface area contributed by atoms with Crippen LogP contribution in [0, 0.1) is 0 Å². The number of aromatic nitrogens is 3. The molecule has 1 aromatic carbocycles. The maximum Gasteiger partial charge on any atom is 0.152 e. The van der Waals surface area contributed by atoms with Crippen LogP contribution in [0.2, 0.25) is 0 Å². The Morgan fingerprint density at radius 3 is 2.96 bits per heavy atom. The zero-order valence-electron chi connectivity index (χ0n) is 12.7. The Kier molecular flexibility index (Phi) is 3.84. The summed E-state index contributed by atoms with van der Waals surface area (Å²) in [4.78, 5) is 25.8. The number of alkyl halides is 1. The van der Waals surface area contributed by atoms with Gasteiger partial charge in [-0.05, 0) is 12.1 Å². The van der Waals surface area contributed by atoms with Gasteiger partial charge in [-0.25, -0.2) is 9.97 Å². The molecule has 0 bridgehead atoms. The molecule has 1 aliphatic rings. The van der Waals surface area contributed by atoms with Gasteiger partial charge in [0.25, 0.3) is 0 Å². The van der Waals surface area contributed by atoms with Crippen LogP contribution in [0.5, 0.6) is 0 Å². The molecule has 0 spiro atoms. The molecule has 0 saturated heterocycles. The normalized spacial score (nSPS) is 15.2. The summed E-state index contributed by atoms with van der Waals surface area (Å²) in [5.74, 6) is 0.717. The molecule has 0 aliphatic carbocycles. The minimum atomic E-state index is -0.658. The monoisotopic (exact) mass is 339 g/mol. The zero-order valence-corrected chi connectivity index (χ0v) is 13.4. The number of nitrogens with zero attached hydrogens (tertiary/aromatic N) is 4. The predicted molar refractivity (Wildman–Crippen MR) is 92.0 cm³/mol. The van der Waals surface area contributed by atoms with E-state index in [1.807, 2.05) is 35.2 Å². The molecule has 0 radical (unpaired) electrons. The molecule has 0 saturated carbocycles. The smallest absolute Gasteiger partial charge is 0.152 e. The number of fused-ring (bicyclic) bond motifs is 2. The number of anilines is 2. The van der Waals surface area contributed by atoms with Crippen LogP contribution in [0.25, 0.3) is 10.9 Å². The predicted octanol–water partition coefficient (Wildman–Crippen LogP) is 2.85. The summed E-state index contributed by atoms with van der Waals surface area (Å²) >= 11 is 6.02. The fourth-order valence-corrected chi connectivity index (χ4v) is 2.98. The van der Waals surface area contributed by atoms with Crippen molar-refractivity contribution in [3.63, 3.8) is 0 Å². The Balaban J connectivity index is 1.64. The first-order valence-electron chi connectivity index (χ1n) is 7.52. The number of hydrogen-bond acceptors (Lipinski definition) is 6. The maximum absolute atomic E-state index is 10.9. The number of para-hydroxylation sites is 1. The Bertz CT molecular complexity index is 916. The number of hydrogen-bond donors (Lipinski definition) is 1. The molecular formula is C17H14ClN5O. The van der Waals surface area contributed by atoms with Crippen molar-refractivity contribution in [1.82, 2.24) is 19.9 Å². The van der Waals surface area contributed by atoms with Crippen molar-refractivity contribution in [2.24, 2.45) is 0 Å². The van der Waals surface area contributed by atoms with Crippen LogP contribution in [0.1, 0.15) is 11.3 Å². The third kappa shape index (κ3) is 2.70. The molecule has 6 nitrogen and oxygen atoms in total. The first-order chi connectivity index (χ1) is 11.7. The lowest BCUT2D eigenvalue weighted by Crippen LogP contribution is -2.26. The lowest BCUT2D eigenvalue weighted by Gasteiger charge is -2.15. The highest BCUT2D eigenvalue weighted by atomic mass is 35.5. The number of carbonyl (C=O) groups is 1. The minimum absolute atomic E-state index is 0.534. The average molecular weight is 340 g/mol. The van der Waals surface area contributed by atoms with Crippen LogP contribution in [0.3, 0.4) is 0 Å². The number of pyridine rings is 1. The summed E-state index contributed by atoms with van der Waals surface area (Å²) in [6, 6.07) is 9.96. The quantitative estimate of drug-likeness (QED) is 0.448. The molecule has 3 heterocycles. The van der Waals surface area contributed by atoms with Crippen LogP contribution in [-0.2, 0) is 17.9 Å². The second-order valence-corrected chi connectivity index (χ2v) is 6.05. The van der Waals surface area contributed by atoms with Crippen LogP contribution in [0.4, 0.5) is 11.5 Å². The second kappa shape index (κ2) is 6.14. The van der Waals surface area contributed by atoms with E-state index in [2.05, 4.69) is 20.3 Å². The molecule has 4 rings (SSSR count). The second-order valence-electron chi connectivity index (χ2n) is 5.60. The average Bonchev–Trinajstić information content (AvgIpc) is 3.06. The first kappa shape index (κ1) is 15.0. The number of aldehydes is 1. The molecule has 0 fully saturated rings. The zero-order chi connectivity index (χ0) is 16.5. The molecule has 24 heavy (non-hydrogen) atoms. The van der Waals surface area contributed by atoms with Gasteiger partial charge >= 0.3 is 0 Å². The van der Waals surface area contributed by atoms with Crippen LogP contribution < -0.4 is 5.32 Å². The van der Waals surface area contributed by atoms with Gasteiger partial charge in [-0.2, -0.15) is 0 Å². The third-order valence-corrected chi connectivity index (χ3v) is 4.44. The SMILES string of the molecule is O=CC(Cl)N1Cc2ncnc(Nc3cnc4ccccc4c3)c2C1. The Labute approximate surface area is 143 Å². The van der Waals surface area contributed by atoms with Crippen LogP contribution in [0.15, 0.2) is 42.9 Å². The molecule has 1 aliphatic heterocycles. The van der Waals surface area contributed by atoms with Crippen molar-refractivity contribution in [3.05, 3.63) is 54.1 Å². The van der Waals surface area contributed by atoms with Gasteiger partial charge in [0.15, 0.2) is 6.29 Å². The lowest BCUT2D eigenvalue weighted by atomic mass is 10.2. The number of nitrogens with one attached hydrogen (secondary N) is 1. The summed E-state index contributed by atoms with van der Waals surface area (Å²) in [6.07, 6.45) is 4.02. The van der Waals surface area contributed by atoms with E-state index in [1.165, 1.54) is 6.33 Å².